The van der Waals surface area contributed by atoms with Gasteiger partial charge in [0.25, 0.3) is 0 Å². The number of pyridine rings is 1. The molecule has 0 saturated heterocycles. The second-order valence-electron chi connectivity index (χ2n) is 7.70. The first kappa shape index (κ1) is 21.3. The van der Waals surface area contributed by atoms with Crippen molar-refractivity contribution in [3.63, 3.8) is 0 Å². The van der Waals surface area contributed by atoms with Crippen LogP contribution in [0.1, 0.15) is 36.8 Å². The topological polar surface area (TPSA) is 88.3 Å². The van der Waals surface area contributed by atoms with E-state index < -0.39 is 5.92 Å². The van der Waals surface area contributed by atoms with Crippen molar-refractivity contribution in [2.45, 2.75) is 32.6 Å². The Labute approximate surface area is 187 Å². The maximum atomic E-state index is 13.3. The maximum Gasteiger partial charge on any atom is 0.234 e. The predicted molar refractivity (Wildman–Crippen MR) is 124 cm³/mol. The summed E-state index contributed by atoms with van der Waals surface area (Å²) < 4.78 is 6.01. The first-order chi connectivity index (χ1) is 15.6. The van der Waals surface area contributed by atoms with Gasteiger partial charge < -0.3 is 9.52 Å². The fourth-order valence-corrected chi connectivity index (χ4v) is 3.67. The summed E-state index contributed by atoms with van der Waals surface area (Å²) >= 11 is 0. The third kappa shape index (κ3) is 4.54. The van der Waals surface area contributed by atoms with Crippen molar-refractivity contribution in [3.8, 4) is 28.5 Å². The SMILES string of the molecule is CCCC(C(=O)Nc1oc(-c2ccccc2)nc1-c1cccnc1)c1ccc(C)cc1O. The molecule has 2 aromatic heterocycles. The Balaban J connectivity index is 1.71. The number of rotatable bonds is 7. The number of phenols is 1. The van der Waals surface area contributed by atoms with E-state index in [4.69, 9.17) is 4.42 Å². The minimum Gasteiger partial charge on any atom is -0.508 e. The molecule has 6 heteroatoms. The first-order valence-corrected chi connectivity index (χ1v) is 10.6. The van der Waals surface area contributed by atoms with Crippen molar-refractivity contribution in [1.29, 1.82) is 0 Å². The van der Waals surface area contributed by atoms with Crippen molar-refractivity contribution in [3.05, 3.63) is 84.2 Å². The van der Waals surface area contributed by atoms with Crippen LogP contribution in [-0.4, -0.2) is 21.0 Å². The lowest BCUT2D eigenvalue weighted by Gasteiger charge is -2.17. The fraction of sp³-hybridized carbons (Fsp3) is 0.192. The lowest BCUT2D eigenvalue weighted by Crippen LogP contribution is -2.21. The Bertz CT molecular complexity index is 1200. The third-order valence-corrected chi connectivity index (χ3v) is 5.27. The molecule has 0 saturated carbocycles. The molecule has 0 bridgehead atoms. The molecule has 2 aromatic carbocycles. The summed E-state index contributed by atoms with van der Waals surface area (Å²) in [6, 6.07) is 18.6. The number of carbonyl (C=O) groups is 1. The van der Waals surface area contributed by atoms with Gasteiger partial charge in [-0.25, -0.2) is 4.98 Å². The highest BCUT2D eigenvalue weighted by Crippen LogP contribution is 2.35. The van der Waals surface area contributed by atoms with Crippen LogP contribution in [0.2, 0.25) is 0 Å². The van der Waals surface area contributed by atoms with E-state index in [1.807, 2.05) is 68.4 Å². The highest BCUT2D eigenvalue weighted by atomic mass is 16.4. The summed E-state index contributed by atoms with van der Waals surface area (Å²) in [5.74, 6) is 0.00712. The van der Waals surface area contributed by atoms with Crippen molar-refractivity contribution in [2.75, 3.05) is 5.32 Å². The number of anilines is 1. The Hall–Kier alpha value is -3.93. The molecule has 1 unspecified atom stereocenters. The zero-order valence-electron chi connectivity index (χ0n) is 18.1. The van der Waals surface area contributed by atoms with Crippen LogP contribution >= 0.6 is 0 Å². The molecule has 0 spiro atoms. The summed E-state index contributed by atoms with van der Waals surface area (Å²) in [4.78, 5) is 22.2. The number of aromatic nitrogens is 2. The molecule has 0 fully saturated rings. The van der Waals surface area contributed by atoms with Gasteiger partial charge in [0.05, 0.1) is 5.92 Å². The summed E-state index contributed by atoms with van der Waals surface area (Å²) in [7, 11) is 0. The van der Waals surface area contributed by atoms with Crippen LogP contribution < -0.4 is 5.32 Å². The van der Waals surface area contributed by atoms with Crippen LogP contribution in [0.15, 0.2) is 77.5 Å². The number of aromatic hydroxyl groups is 1. The van der Waals surface area contributed by atoms with Crippen LogP contribution in [0, 0.1) is 6.92 Å². The predicted octanol–water partition coefficient (Wildman–Crippen LogP) is 5.94. The Morgan fingerprint density at radius 2 is 1.88 bits per heavy atom. The Kier molecular flexibility index (Phi) is 6.31. The van der Waals surface area contributed by atoms with Gasteiger partial charge in [0.2, 0.25) is 17.7 Å². The van der Waals surface area contributed by atoms with Crippen LogP contribution in [0.4, 0.5) is 5.88 Å². The van der Waals surface area contributed by atoms with Gasteiger partial charge in [-0.3, -0.25) is 15.1 Å². The molecular formula is C26H25N3O3. The van der Waals surface area contributed by atoms with Gasteiger partial charge in [0.1, 0.15) is 11.4 Å². The van der Waals surface area contributed by atoms with Gasteiger partial charge >= 0.3 is 0 Å². The zero-order valence-corrected chi connectivity index (χ0v) is 18.1. The summed E-state index contributed by atoms with van der Waals surface area (Å²) in [6.07, 6.45) is 4.73. The molecule has 0 aliphatic rings. The lowest BCUT2D eigenvalue weighted by molar-refractivity contribution is -0.117. The molecule has 0 aliphatic carbocycles. The van der Waals surface area contributed by atoms with Crippen LogP contribution in [0.25, 0.3) is 22.7 Å². The number of benzene rings is 2. The monoisotopic (exact) mass is 427 g/mol. The standard InChI is InChI=1S/C26H25N3O3/c1-3-8-21(20-13-12-17(2)15-22(20)30)24(31)29-26-23(19-11-7-14-27-16-19)28-25(32-26)18-9-5-4-6-10-18/h4-7,9-16,21,30H,3,8H2,1-2H3,(H,29,31). The maximum absolute atomic E-state index is 13.3. The highest BCUT2D eigenvalue weighted by Gasteiger charge is 2.26. The molecule has 32 heavy (non-hydrogen) atoms. The fourth-order valence-electron chi connectivity index (χ4n) is 3.67. The molecule has 1 amide bonds. The Morgan fingerprint density at radius 3 is 2.56 bits per heavy atom. The number of aryl methyl sites for hydroxylation is 1. The van der Waals surface area contributed by atoms with E-state index in [0.717, 1.165) is 23.1 Å². The van der Waals surface area contributed by atoms with E-state index in [1.165, 1.54) is 0 Å². The highest BCUT2D eigenvalue weighted by molar-refractivity contribution is 5.97. The van der Waals surface area contributed by atoms with Gasteiger partial charge in [-0.05, 0) is 49.2 Å². The normalized spacial score (nSPS) is 11.8. The average molecular weight is 428 g/mol. The Morgan fingerprint density at radius 1 is 1.09 bits per heavy atom. The average Bonchev–Trinajstić information content (AvgIpc) is 3.23. The number of carbonyl (C=O) groups excluding carboxylic acids is 1. The molecule has 0 radical (unpaired) electrons. The van der Waals surface area contributed by atoms with Gasteiger partial charge in [0.15, 0.2) is 0 Å². The van der Waals surface area contributed by atoms with E-state index in [0.29, 0.717) is 23.6 Å². The molecular weight excluding hydrogens is 402 g/mol. The minimum atomic E-state index is -0.521. The van der Waals surface area contributed by atoms with Gasteiger partial charge in [-0.2, -0.15) is 0 Å². The van der Waals surface area contributed by atoms with Crippen LogP contribution in [0.5, 0.6) is 5.75 Å². The van der Waals surface area contributed by atoms with Crippen molar-refractivity contribution < 1.29 is 14.3 Å². The van der Waals surface area contributed by atoms with Gasteiger partial charge in [-0.15, -0.1) is 0 Å². The van der Waals surface area contributed by atoms with Crippen molar-refractivity contribution in [2.24, 2.45) is 0 Å². The number of nitrogens with one attached hydrogen (secondary N) is 1. The molecule has 4 aromatic rings. The molecule has 0 aliphatic heterocycles. The molecule has 2 heterocycles. The van der Waals surface area contributed by atoms with Crippen LogP contribution in [0.3, 0.4) is 0 Å². The zero-order chi connectivity index (χ0) is 22.5. The number of oxazole rings is 1. The van der Waals surface area contributed by atoms with E-state index >= 15 is 0 Å². The van der Waals surface area contributed by atoms with Crippen molar-refractivity contribution >= 4 is 11.8 Å². The largest absolute Gasteiger partial charge is 0.508 e. The minimum absolute atomic E-state index is 0.119. The number of nitrogens with zero attached hydrogens (tertiary/aromatic N) is 2. The van der Waals surface area contributed by atoms with Crippen LogP contribution in [-0.2, 0) is 4.79 Å². The number of phenolic OH excluding ortho intramolecular Hbond substituents is 1. The lowest BCUT2D eigenvalue weighted by atomic mass is 9.92. The second-order valence-corrected chi connectivity index (χ2v) is 7.70. The van der Waals surface area contributed by atoms with E-state index in [-0.39, 0.29) is 17.5 Å². The van der Waals surface area contributed by atoms with E-state index in [9.17, 15) is 9.90 Å². The number of hydrogen-bond acceptors (Lipinski definition) is 5. The summed E-state index contributed by atoms with van der Waals surface area (Å²) in [5.41, 5.74) is 3.58. The first-order valence-electron chi connectivity index (χ1n) is 10.6. The van der Waals surface area contributed by atoms with E-state index in [2.05, 4.69) is 15.3 Å². The third-order valence-electron chi connectivity index (χ3n) is 5.27. The second kappa shape index (κ2) is 9.47. The van der Waals surface area contributed by atoms with Crippen molar-refractivity contribution in [1.82, 2.24) is 9.97 Å². The molecule has 6 nitrogen and oxygen atoms in total. The number of hydrogen-bond donors (Lipinski definition) is 2. The molecule has 4 rings (SSSR count). The molecule has 162 valence electrons. The van der Waals surface area contributed by atoms with Gasteiger partial charge in [0, 0.05) is 29.1 Å². The molecule has 1 atom stereocenters. The smallest absolute Gasteiger partial charge is 0.234 e. The summed E-state index contributed by atoms with van der Waals surface area (Å²) in [5, 5.41) is 13.4. The van der Waals surface area contributed by atoms with Gasteiger partial charge in [-0.1, -0.05) is 43.7 Å². The number of amides is 1. The quantitative estimate of drug-likeness (QED) is 0.381. The summed E-state index contributed by atoms with van der Waals surface area (Å²) in [6.45, 7) is 3.91. The molecule has 2 N–H and O–H groups in total. The van der Waals surface area contributed by atoms with E-state index in [1.54, 1.807) is 18.5 Å².